The molecule has 0 aromatic rings. The van der Waals surface area contributed by atoms with E-state index in [1.54, 1.807) is 6.08 Å². The summed E-state index contributed by atoms with van der Waals surface area (Å²) < 4.78 is 0. The normalized spacial score (nSPS) is 16.6. The van der Waals surface area contributed by atoms with Crippen LogP contribution in [0.15, 0.2) is 24.3 Å². The van der Waals surface area contributed by atoms with Gasteiger partial charge in [-0.3, -0.25) is 4.79 Å². The number of unbranched alkanes of at least 4 members (excludes halogenated alkanes) is 1. The fourth-order valence-corrected chi connectivity index (χ4v) is 1.14. The van der Waals surface area contributed by atoms with Gasteiger partial charge in [-0.2, -0.15) is 0 Å². The Hall–Kier alpha value is -1.05. The summed E-state index contributed by atoms with van der Waals surface area (Å²) in [7, 11) is 0. The summed E-state index contributed by atoms with van der Waals surface area (Å²) in [5.74, 6) is 0.0620. The van der Waals surface area contributed by atoms with E-state index in [2.05, 4.69) is 24.4 Å². The summed E-state index contributed by atoms with van der Waals surface area (Å²) in [4.78, 5) is 11.2. The van der Waals surface area contributed by atoms with Crippen LogP contribution in [0.2, 0.25) is 0 Å². The van der Waals surface area contributed by atoms with E-state index in [0.717, 1.165) is 32.1 Å². The van der Waals surface area contributed by atoms with Crippen molar-refractivity contribution < 1.29 is 4.79 Å². The fourth-order valence-electron chi connectivity index (χ4n) is 1.14. The summed E-state index contributed by atoms with van der Waals surface area (Å²) in [5, 5.41) is 2.91. The highest BCUT2D eigenvalue weighted by molar-refractivity contribution is 5.87. The maximum atomic E-state index is 11.2. The largest absolute Gasteiger partial charge is 0.350 e. The van der Waals surface area contributed by atoms with E-state index >= 15 is 0 Å². The SMILES string of the molecule is CCC=CCCC=CC(=O)NC1CC1. The van der Waals surface area contributed by atoms with Crippen molar-refractivity contribution in [3.05, 3.63) is 24.3 Å². The van der Waals surface area contributed by atoms with E-state index in [4.69, 9.17) is 0 Å². The van der Waals surface area contributed by atoms with Crippen LogP contribution in [-0.4, -0.2) is 11.9 Å². The summed E-state index contributed by atoms with van der Waals surface area (Å²) in [6.07, 6.45) is 13.3. The number of amides is 1. The topological polar surface area (TPSA) is 29.1 Å². The van der Waals surface area contributed by atoms with Gasteiger partial charge in [0.05, 0.1) is 0 Å². The number of nitrogens with one attached hydrogen (secondary N) is 1. The smallest absolute Gasteiger partial charge is 0.243 e. The lowest BCUT2D eigenvalue weighted by Crippen LogP contribution is -2.22. The maximum Gasteiger partial charge on any atom is 0.243 e. The molecule has 0 radical (unpaired) electrons. The zero-order chi connectivity index (χ0) is 10.2. The number of rotatable bonds is 6. The number of hydrogen-bond acceptors (Lipinski definition) is 1. The second kappa shape index (κ2) is 6.41. The van der Waals surface area contributed by atoms with Crippen LogP contribution in [0.5, 0.6) is 0 Å². The van der Waals surface area contributed by atoms with Crippen LogP contribution in [0.4, 0.5) is 0 Å². The first-order valence-corrected chi connectivity index (χ1v) is 5.45. The molecule has 1 aliphatic rings. The van der Waals surface area contributed by atoms with Crippen molar-refractivity contribution in [2.24, 2.45) is 0 Å². The molecule has 0 aromatic heterocycles. The Bertz CT molecular complexity index is 226. The van der Waals surface area contributed by atoms with E-state index < -0.39 is 0 Å². The average molecular weight is 193 g/mol. The quantitative estimate of drug-likeness (QED) is 0.392. The van der Waals surface area contributed by atoms with Crippen molar-refractivity contribution in [2.75, 3.05) is 0 Å². The van der Waals surface area contributed by atoms with Gasteiger partial charge in [-0.25, -0.2) is 0 Å². The number of carbonyl (C=O) groups excluding carboxylic acids is 1. The molecule has 78 valence electrons. The molecule has 1 rings (SSSR count). The van der Waals surface area contributed by atoms with Gasteiger partial charge in [0.25, 0.3) is 0 Å². The van der Waals surface area contributed by atoms with Gasteiger partial charge in [0.15, 0.2) is 0 Å². The van der Waals surface area contributed by atoms with Gasteiger partial charge in [-0.15, -0.1) is 0 Å². The summed E-state index contributed by atoms with van der Waals surface area (Å²) >= 11 is 0. The highest BCUT2D eigenvalue weighted by Gasteiger charge is 2.21. The fraction of sp³-hybridized carbons (Fsp3) is 0.583. The predicted molar refractivity (Wildman–Crippen MR) is 59.0 cm³/mol. The molecule has 0 aromatic carbocycles. The molecule has 0 aliphatic heterocycles. The lowest BCUT2D eigenvalue weighted by atomic mass is 10.2. The molecule has 0 heterocycles. The van der Waals surface area contributed by atoms with Gasteiger partial charge in [0.1, 0.15) is 0 Å². The predicted octanol–water partition coefficient (Wildman–Crippen LogP) is 2.57. The van der Waals surface area contributed by atoms with Gasteiger partial charge in [0.2, 0.25) is 5.91 Å². The lowest BCUT2D eigenvalue weighted by molar-refractivity contribution is -0.116. The Labute approximate surface area is 86.1 Å². The van der Waals surface area contributed by atoms with Crippen LogP contribution >= 0.6 is 0 Å². The highest BCUT2D eigenvalue weighted by atomic mass is 16.1. The van der Waals surface area contributed by atoms with E-state index in [1.807, 2.05) is 6.08 Å². The molecule has 0 atom stereocenters. The number of carbonyl (C=O) groups is 1. The third-order valence-electron chi connectivity index (χ3n) is 2.10. The van der Waals surface area contributed by atoms with Gasteiger partial charge < -0.3 is 5.32 Å². The highest BCUT2D eigenvalue weighted by Crippen LogP contribution is 2.18. The van der Waals surface area contributed by atoms with Crippen molar-refractivity contribution >= 4 is 5.91 Å². The van der Waals surface area contributed by atoms with E-state index in [-0.39, 0.29) is 5.91 Å². The van der Waals surface area contributed by atoms with Crippen LogP contribution in [0.3, 0.4) is 0 Å². The molecular weight excluding hydrogens is 174 g/mol. The molecule has 1 saturated carbocycles. The van der Waals surface area contributed by atoms with Gasteiger partial charge in [-0.1, -0.05) is 25.2 Å². The number of allylic oxidation sites excluding steroid dienone is 3. The third kappa shape index (κ3) is 5.57. The first kappa shape index (κ1) is 11.0. The van der Waals surface area contributed by atoms with Crippen molar-refractivity contribution in [1.29, 1.82) is 0 Å². The maximum absolute atomic E-state index is 11.2. The van der Waals surface area contributed by atoms with E-state index in [9.17, 15) is 4.79 Å². The van der Waals surface area contributed by atoms with Crippen LogP contribution in [0.25, 0.3) is 0 Å². The summed E-state index contributed by atoms with van der Waals surface area (Å²) in [5.41, 5.74) is 0. The standard InChI is InChI=1S/C12H19NO/c1-2-3-4-5-6-7-8-12(14)13-11-9-10-11/h3-4,7-8,11H,2,5-6,9-10H2,1H3,(H,13,14). The molecule has 1 N–H and O–H groups in total. The molecule has 0 unspecified atom stereocenters. The first-order chi connectivity index (χ1) is 6.83. The van der Waals surface area contributed by atoms with Crippen molar-refractivity contribution in [3.63, 3.8) is 0 Å². The van der Waals surface area contributed by atoms with E-state index in [1.165, 1.54) is 0 Å². The Kier molecular flexibility index (Phi) is 5.05. The number of hydrogen-bond donors (Lipinski definition) is 1. The van der Waals surface area contributed by atoms with Crippen LogP contribution in [0.1, 0.15) is 39.0 Å². The van der Waals surface area contributed by atoms with Gasteiger partial charge in [0, 0.05) is 6.04 Å². The molecule has 0 spiro atoms. The van der Waals surface area contributed by atoms with E-state index in [0.29, 0.717) is 6.04 Å². The minimum Gasteiger partial charge on any atom is -0.350 e. The molecule has 1 amide bonds. The zero-order valence-corrected chi connectivity index (χ0v) is 8.83. The van der Waals surface area contributed by atoms with Crippen LogP contribution in [-0.2, 0) is 4.79 Å². The Morgan fingerprint density at radius 3 is 2.64 bits per heavy atom. The minimum atomic E-state index is 0.0620. The zero-order valence-electron chi connectivity index (χ0n) is 8.83. The van der Waals surface area contributed by atoms with Crippen molar-refractivity contribution in [1.82, 2.24) is 5.32 Å². The average Bonchev–Trinajstić information content (AvgIpc) is 2.95. The van der Waals surface area contributed by atoms with Crippen LogP contribution < -0.4 is 5.32 Å². The molecule has 2 heteroatoms. The summed E-state index contributed by atoms with van der Waals surface area (Å²) in [6.45, 7) is 2.12. The first-order valence-electron chi connectivity index (χ1n) is 5.45. The van der Waals surface area contributed by atoms with Crippen LogP contribution in [0, 0.1) is 0 Å². The molecular formula is C12H19NO. The molecule has 1 aliphatic carbocycles. The minimum absolute atomic E-state index is 0.0620. The molecule has 0 bridgehead atoms. The Balaban J connectivity index is 2.00. The molecule has 1 fully saturated rings. The summed E-state index contributed by atoms with van der Waals surface area (Å²) in [6, 6.07) is 0.465. The second-order valence-electron chi connectivity index (χ2n) is 3.64. The van der Waals surface area contributed by atoms with Crippen molar-refractivity contribution in [3.8, 4) is 0 Å². The lowest BCUT2D eigenvalue weighted by Gasteiger charge is -1.95. The molecule has 2 nitrogen and oxygen atoms in total. The second-order valence-corrected chi connectivity index (χ2v) is 3.64. The van der Waals surface area contributed by atoms with Gasteiger partial charge in [-0.05, 0) is 38.2 Å². The molecule has 0 saturated heterocycles. The van der Waals surface area contributed by atoms with Gasteiger partial charge >= 0.3 is 0 Å². The monoisotopic (exact) mass is 193 g/mol. The third-order valence-corrected chi connectivity index (χ3v) is 2.10. The Morgan fingerprint density at radius 2 is 2.00 bits per heavy atom. The molecule has 14 heavy (non-hydrogen) atoms. The van der Waals surface area contributed by atoms with Crippen molar-refractivity contribution in [2.45, 2.75) is 45.1 Å². The Morgan fingerprint density at radius 1 is 1.29 bits per heavy atom.